The summed E-state index contributed by atoms with van der Waals surface area (Å²) < 4.78 is 10.6. The van der Waals surface area contributed by atoms with E-state index in [1.54, 1.807) is 19.1 Å². The Labute approximate surface area is 140 Å². The highest BCUT2D eigenvalue weighted by molar-refractivity contribution is 5.94. The molecule has 7 heteroatoms. The van der Waals surface area contributed by atoms with E-state index in [2.05, 4.69) is 20.4 Å². The lowest BCUT2D eigenvalue weighted by molar-refractivity contribution is 0.0891. The van der Waals surface area contributed by atoms with Crippen LogP contribution in [0.2, 0.25) is 0 Å². The fraction of sp³-hybridized carbons (Fsp3) is 0.529. The number of nitrogens with one attached hydrogen (secondary N) is 1. The van der Waals surface area contributed by atoms with Gasteiger partial charge in [0, 0.05) is 19.2 Å². The maximum absolute atomic E-state index is 12.6. The first-order chi connectivity index (χ1) is 11.5. The molecular formula is C17H22N4O3. The Morgan fingerprint density at radius 1 is 1.33 bits per heavy atom. The Bertz CT molecular complexity index is 703. The molecule has 0 bridgehead atoms. The number of hydrogen-bond donors (Lipinski definition) is 1. The van der Waals surface area contributed by atoms with Crippen molar-refractivity contribution in [1.82, 2.24) is 20.4 Å². The number of carbonyl (C=O) groups is 1. The molecule has 2 aromatic heterocycles. The molecule has 0 unspecified atom stereocenters. The van der Waals surface area contributed by atoms with Crippen molar-refractivity contribution in [3.63, 3.8) is 0 Å². The summed E-state index contributed by atoms with van der Waals surface area (Å²) in [5, 5.41) is 7.12. The highest BCUT2D eigenvalue weighted by Gasteiger charge is 2.41. The zero-order chi connectivity index (χ0) is 17.2. The van der Waals surface area contributed by atoms with Crippen molar-refractivity contribution >= 4 is 5.91 Å². The van der Waals surface area contributed by atoms with E-state index >= 15 is 0 Å². The van der Waals surface area contributed by atoms with Crippen LogP contribution in [0, 0.1) is 6.92 Å². The molecule has 0 spiro atoms. The fourth-order valence-corrected chi connectivity index (χ4v) is 2.99. The highest BCUT2D eigenvalue weighted by Crippen LogP contribution is 2.37. The maximum Gasteiger partial charge on any atom is 0.253 e. The van der Waals surface area contributed by atoms with Crippen molar-refractivity contribution in [3.05, 3.63) is 35.6 Å². The van der Waals surface area contributed by atoms with Gasteiger partial charge in [0.15, 0.2) is 5.82 Å². The van der Waals surface area contributed by atoms with Gasteiger partial charge in [-0.1, -0.05) is 18.0 Å². The summed E-state index contributed by atoms with van der Waals surface area (Å²) in [5.41, 5.74) is -0.0697. The third-order valence-electron chi connectivity index (χ3n) is 4.12. The van der Waals surface area contributed by atoms with Crippen LogP contribution >= 0.6 is 0 Å². The Hall–Kier alpha value is -2.44. The van der Waals surface area contributed by atoms with E-state index in [0.717, 1.165) is 25.7 Å². The Kier molecular flexibility index (Phi) is 4.51. The van der Waals surface area contributed by atoms with Gasteiger partial charge in [0.2, 0.25) is 11.8 Å². The number of nitrogens with zero attached hydrogens (tertiary/aromatic N) is 3. The number of ether oxygens (including phenoxy) is 1. The van der Waals surface area contributed by atoms with Crippen LogP contribution in [0.25, 0.3) is 0 Å². The summed E-state index contributed by atoms with van der Waals surface area (Å²) in [5.74, 6) is 1.37. The smallest absolute Gasteiger partial charge is 0.253 e. The van der Waals surface area contributed by atoms with Crippen molar-refractivity contribution in [3.8, 4) is 5.88 Å². The lowest BCUT2D eigenvalue weighted by Gasteiger charge is -2.26. The second-order valence-corrected chi connectivity index (χ2v) is 6.43. The molecule has 1 aliphatic carbocycles. The topological polar surface area (TPSA) is 90.1 Å². The molecular weight excluding hydrogens is 308 g/mol. The summed E-state index contributed by atoms with van der Waals surface area (Å²) in [7, 11) is 0. The van der Waals surface area contributed by atoms with E-state index in [-0.39, 0.29) is 12.0 Å². The van der Waals surface area contributed by atoms with Crippen molar-refractivity contribution in [2.45, 2.75) is 58.1 Å². The molecule has 3 rings (SSSR count). The summed E-state index contributed by atoms with van der Waals surface area (Å²) >= 11 is 0. The van der Waals surface area contributed by atoms with Crippen LogP contribution in [0.3, 0.4) is 0 Å². The first-order valence-corrected chi connectivity index (χ1v) is 8.24. The molecule has 24 heavy (non-hydrogen) atoms. The van der Waals surface area contributed by atoms with E-state index < -0.39 is 5.54 Å². The first-order valence-electron chi connectivity index (χ1n) is 8.24. The normalized spacial score (nSPS) is 16.3. The van der Waals surface area contributed by atoms with Gasteiger partial charge >= 0.3 is 0 Å². The third-order valence-corrected chi connectivity index (χ3v) is 4.12. The average molecular weight is 330 g/mol. The standard InChI is InChI=1S/C17H22N4O3/c1-11(2)23-14-7-6-13(10-18-14)15(22)20-17(8-4-5-9-17)16-19-12(3)24-21-16/h6-7,10-11H,4-5,8-9H2,1-3H3,(H,20,22). The molecule has 1 N–H and O–H groups in total. The minimum absolute atomic E-state index is 0.0421. The summed E-state index contributed by atoms with van der Waals surface area (Å²) in [6.45, 7) is 5.61. The SMILES string of the molecule is Cc1nc(C2(NC(=O)c3ccc(OC(C)C)nc3)CCCC2)no1. The molecule has 0 radical (unpaired) electrons. The van der Waals surface area contributed by atoms with Crippen LogP contribution in [0.4, 0.5) is 0 Å². The van der Waals surface area contributed by atoms with Crippen molar-refractivity contribution in [2.75, 3.05) is 0 Å². The monoisotopic (exact) mass is 330 g/mol. The Morgan fingerprint density at radius 2 is 2.08 bits per heavy atom. The van der Waals surface area contributed by atoms with E-state index in [0.29, 0.717) is 23.2 Å². The molecule has 2 aromatic rings. The van der Waals surface area contributed by atoms with Crippen molar-refractivity contribution in [1.29, 1.82) is 0 Å². The van der Waals surface area contributed by atoms with Crippen LogP contribution in [0.15, 0.2) is 22.9 Å². The molecule has 2 heterocycles. The first kappa shape index (κ1) is 16.4. The van der Waals surface area contributed by atoms with Gasteiger partial charge in [-0.15, -0.1) is 0 Å². The fourth-order valence-electron chi connectivity index (χ4n) is 2.99. The van der Waals surface area contributed by atoms with Crippen molar-refractivity contribution in [2.24, 2.45) is 0 Å². The second-order valence-electron chi connectivity index (χ2n) is 6.43. The third kappa shape index (κ3) is 3.39. The minimum atomic E-state index is -0.554. The van der Waals surface area contributed by atoms with Crippen LogP contribution in [-0.2, 0) is 5.54 Å². The molecule has 0 atom stereocenters. The summed E-state index contributed by atoms with van der Waals surface area (Å²) in [6, 6.07) is 3.42. The number of aryl methyl sites for hydroxylation is 1. The molecule has 1 amide bonds. The molecule has 0 aliphatic heterocycles. The van der Waals surface area contributed by atoms with Gasteiger partial charge in [0.25, 0.3) is 5.91 Å². The Balaban J connectivity index is 1.77. The van der Waals surface area contributed by atoms with Gasteiger partial charge in [-0.05, 0) is 32.8 Å². The van der Waals surface area contributed by atoms with Crippen LogP contribution in [0.1, 0.15) is 61.6 Å². The Morgan fingerprint density at radius 3 is 2.62 bits per heavy atom. The number of aromatic nitrogens is 3. The number of rotatable bonds is 5. The summed E-state index contributed by atoms with van der Waals surface area (Å²) in [6.07, 6.45) is 5.22. The predicted octanol–water partition coefficient (Wildman–Crippen LogP) is 2.76. The lowest BCUT2D eigenvalue weighted by atomic mass is 9.96. The average Bonchev–Trinajstić information content (AvgIpc) is 3.17. The molecule has 7 nitrogen and oxygen atoms in total. The van der Waals surface area contributed by atoms with Gasteiger partial charge in [0.1, 0.15) is 5.54 Å². The number of pyridine rings is 1. The van der Waals surface area contributed by atoms with Gasteiger partial charge < -0.3 is 14.6 Å². The van der Waals surface area contributed by atoms with Crippen LogP contribution in [-0.4, -0.2) is 27.1 Å². The molecule has 1 fully saturated rings. The van der Waals surface area contributed by atoms with Gasteiger partial charge in [-0.3, -0.25) is 4.79 Å². The van der Waals surface area contributed by atoms with Gasteiger partial charge in [0.05, 0.1) is 11.7 Å². The second kappa shape index (κ2) is 6.59. The largest absolute Gasteiger partial charge is 0.475 e. The van der Waals surface area contributed by atoms with Crippen LogP contribution < -0.4 is 10.1 Å². The van der Waals surface area contributed by atoms with Crippen LogP contribution in [0.5, 0.6) is 5.88 Å². The van der Waals surface area contributed by atoms with E-state index in [9.17, 15) is 4.79 Å². The molecule has 1 saturated carbocycles. The summed E-state index contributed by atoms with van der Waals surface area (Å²) in [4.78, 5) is 21.2. The van der Waals surface area contributed by atoms with Gasteiger partial charge in [-0.2, -0.15) is 4.98 Å². The van der Waals surface area contributed by atoms with E-state index in [1.165, 1.54) is 6.20 Å². The van der Waals surface area contributed by atoms with Crippen molar-refractivity contribution < 1.29 is 14.1 Å². The maximum atomic E-state index is 12.6. The quantitative estimate of drug-likeness (QED) is 0.906. The van der Waals surface area contributed by atoms with Gasteiger partial charge in [-0.25, -0.2) is 4.98 Å². The van der Waals surface area contributed by atoms with E-state index in [1.807, 2.05) is 13.8 Å². The molecule has 128 valence electrons. The number of amides is 1. The molecule has 0 saturated heterocycles. The number of hydrogen-bond acceptors (Lipinski definition) is 6. The highest BCUT2D eigenvalue weighted by atomic mass is 16.5. The zero-order valence-corrected chi connectivity index (χ0v) is 14.2. The molecule has 0 aromatic carbocycles. The predicted molar refractivity (Wildman–Crippen MR) is 86.6 cm³/mol. The minimum Gasteiger partial charge on any atom is -0.475 e. The lowest BCUT2D eigenvalue weighted by Crippen LogP contribution is -2.44. The zero-order valence-electron chi connectivity index (χ0n) is 14.2. The van der Waals surface area contributed by atoms with E-state index in [4.69, 9.17) is 9.26 Å². The number of carbonyl (C=O) groups excluding carboxylic acids is 1. The molecule has 1 aliphatic rings.